The number of rotatable bonds is 0. The van der Waals surface area contributed by atoms with Crippen molar-refractivity contribution >= 4 is 23.7 Å². The van der Waals surface area contributed by atoms with Gasteiger partial charge in [-0.3, -0.25) is 0 Å². The summed E-state index contributed by atoms with van der Waals surface area (Å²) in [5, 5.41) is 0. The highest BCUT2D eigenvalue weighted by atomic mass is 32.5. The number of halogens is 8. The lowest BCUT2D eigenvalue weighted by Crippen LogP contribution is -2.27. The first-order valence-corrected chi connectivity index (χ1v) is 3.49. The van der Waals surface area contributed by atoms with Crippen LogP contribution in [0.3, 0.4) is 0 Å². The average Bonchev–Trinajstić information content (AvgIpc) is 1.16. The van der Waals surface area contributed by atoms with Gasteiger partial charge in [-0.2, -0.15) is 26.7 Å². The van der Waals surface area contributed by atoms with Crippen LogP contribution >= 0.6 is 23.7 Å². The van der Waals surface area contributed by atoms with E-state index in [0.717, 1.165) is 0 Å². The lowest BCUT2D eigenvalue weighted by molar-refractivity contribution is -0.0800. The van der Waals surface area contributed by atoms with Crippen molar-refractivity contribution in [1.82, 2.24) is 0 Å². The van der Waals surface area contributed by atoms with Crippen LogP contribution in [0.25, 0.3) is 0 Å². The van der Waals surface area contributed by atoms with E-state index in [1.54, 1.807) is 0 Å². The Kier molecular flexibility index (Phi) is 2.36. The molecule has 0 aliphatic heterocycles. The van der Waals surface area contributed by atoms with Gasteiger partial charge in [0.05, 0.1) is 0 Å². The second-order valence-corrected chi connectivity index (χ2v) is 3.82. The second-order valence-electron chi connectivity index (χ2n) is 1.41. The van der Waals surface area contributed by atoms with Crippen LogP contribution in [0.1, 0.15) is 0 Å². The van der Waals surface area contributed by atoms with Gasteiger partial charge in [-0.05, 0) is 0 Å². The van der Waals surface area contributed by atoms with Crippen LogP contribution in [-0.4, -0.2) is 5.51 Å². The molecule has 0 aromatic carbocycles. The zero-order valence-corrected chi connectivity index (χ0v) is 6.25. The molecule has 0 spiro atoms. The second kappa shape index (κ2) is 1.90. The highest BCUT2D eigenvalue weighted by Crippen LogP contribution is 3.04. The first-order valence-electron chi connectivity index (χ1n) is 1.54. The third-order valence-electron chi connectivity index (χ3n) is 0.437. The molecule has 0 N–H and O–H groups in total. The van der Waals surface area contributed by atoms with E-state index in [1.807, 2.05) is 0 Å². The van der Waals surface area contributed by atoms with Gasteiger partial charge in [-0.1, -0.05) is 19.4 Å². The molecule has 0 unspecified atom stereocenters. The molecule has 0 aromatic rings. The van der Waals surface area contributed by atoms with Gasteiger partial charge in [0.15, 0.2) is 0 Å². The molecule has 0 aliphatic rings. The number of hydrogen-bond acceptors (Lipinski definition) is 0. The maximum absolute atomic E-state index is 11.2. The summed E-state index contributed by atoms with van der Waals surface area (Å²) < 4.78 is 84.5. The minimum absolute atomic E-state index is 0. The van der Waals surface area contributed by atoms with Crippen molar-refractivity contribution < 1.29 is 32.6 Å². The molecule has 0 saturated carbocycles. The lowest BCUT2D eigenvalue weighted by atomic mass is 11.6. The Morgan fingerprint density at radius 3 is 0.818 bits per heavy atom. The van der Waals surface area contributed by atoms with E-state index in [2.05, 4.69) is 0 Å². The van der Waals surface area contributed by atoms with Crippen LogP contribution in [0.15, 0.2) is 0 Å². The SMILES string of the molecule is FC(F)(F)S(F)(F)(F)(F)F.S. The zero-order valence-electron chi connectivity index (χ0n) is 4.43. The van der Waals surface area contributed by atoms with Crippen molar-refractivity contribution in [3.05, 3.63) is 0 Å². The molecule has 0 atom stereocenters. The van der Waals surface area contributed by atoms with Crippen LogP contribution in [0.4, 0.5) is 32.6 Å². The monoisotopic (exact) mass is 230 g/mol. The van der Waals surface area contributed by atoms with Crippen LogP contribution in [0.2, 0.25) is 0 Å². The van der Waals surface area contributed by atoms with Gasteiger partial charge < -0.3 is 0 Å². The van der Waals surface area contributed by atoms with E-state index in [1.165, 1.54) is 0 Å². The van der Waals surface area contributed by atoms with Crippen molar-refractivity contribution in [2.24, 2.45) is 0 Å². The smallest absolute Gasteiger partial charge is 0.197 e. The van der Waals surface area contributed by atoms with E-state index in [-0.39, 0.29) is 13.5 Å². The van der Waals surface area contributed by atoms with Gasteiger partial charge in [0.2, 0.25) is 0 Å². The minimum Gasteiger partial charge on any atom is -0.197 e. The molecule has 11 heavy (non-hydrogen) atoms. The largest absolute Gasteiger partial charge is 0.535 e. The van der Waals surface area contributed by atoms with Gasteiger partial charge in [0.25, 0.3) is 0 Å². The Balaban J connectivity index is 0. The van der Waals surface area contributed by atoms with E-state index < -0.39 is 15.7 Å². The van der Waals surface area contributed by atoms with E-state index in [9.17, 15) is 32.6 Å². The molecular weight excluding hydrogens is 228 g/mol. The van der Waals surface area contributed by atoms with Gasteiger partial charge in [-0.15, -0.1) is 0 Å². The molecule has 0 aromatic heterocycles. The van der Waals surface area contributed by atoms with Crippen molar-refractivity contribution in [2.75, 3.05) is 0 Å². The molecule has 10 heteroatoms. The molecule has 0 amide bonds. The van der Waals surface area contributed by atoms with Crippen LogP contribution in [0.5, 0.6) is 0 Å². The van der Waals surface area contributed by atoms with Crippen molar-refractivity contribution in [3.63, 3.8) is 0 Å². The van der Waals surface area contributed by atoms with Gasteiger partial charge in [0.1, 0.15) is 0 Å². The minimum atomic E-state index is -11.2. The molecule has 0 radical (unpaired) electrons. The van der Waals surface area contributed by atoms with Gasteiger partial charge in [-0.25, -0.2) is 0 Å². The predicted octanol–water partition coefficient (Wildman–Crippen LogP) is 3.92. The fraction of sp³-hybridized carbons (Fsp3) is 1.00. The number of alkyl halides is 3. The van der Waals surface area contributed by atoms with Crippen molar-refractivity contribution in [3.8, 4) is 0 Å². The molecule has 74 valence electrons. The quantitative estimate of drug-likeness (QED) is 0.553. The zero-order chi connectivity index (χ0) is 8.91. The summed E-state index contributed by atoms with van der Waals surface area (Å²) in [6.07, 6.45) is 0. The Morgan fingerprint density at radius 2 is 0.818 bits per heavy atom. The van der Waals surface area contributed by atoms with Crippen molar-refractivity contribution in [2.45, 2.75) is 5.51 Å². The summed E-state index contributed by atoms with van der Waals surface area (Å²) >= 11 is 0. The lowest BCUT2D eigenvalue weighted by Gasteiger charge is -2.40. The maximum atomic E-state index is 10.6. The fourth-order valence-electron chi connectivity index (χ4n) is 0. The maximum Gasteiger partial charge on any atom is 0.535 e. The normalized spacial score (nSPS) is 19.6. The molecule has 0 heterocycles. The van der Waals surface area contributed by atoms with Gasteiger partial charge in [0, 0.05) is 0 Å². The fourth-order valence-corrected chi connectivity index (χ4v) is 0. The molecular formula is CH2F8S2. The Bertz CT molecular complexity index is 142. The van der Waals surface area contributed by atoms with Crippen LogP contribution in [0, 0.1) is 0 Å². The highest BCUT2D eigenvalue weighted by Gasteiger charge is 2.85. The average molecular weight is 230 g/mol. The van der Waals surface area contributed by atoms with E-state index in [0.29, 0.717) is 0 Å². The third kappa shape index (κ3) is 2.93. The van der Waals surface area contributed by atoms with E-state index in [4.69, 9.17) is 0 Å². The standard InChI is InChI=1S/CF8S.H2S/c2-1(3,4)10(5,6,7,8)9;/h;1H2. The Labute approximate surface area is 62.7 Å². The summed E-state index contributed by atoms with van der Waals surface area (Å²) in [5.41, 5.74) is -7.40. The topological polar surface area (TPSA) is 0 Å². The molecule has 0 fully saturated rings. The summed E-state index contributed by atoms with van der Waals surface area (Å²) in [5.74, 6) is 0. The summed E-state index contributed by atoms with van der Waals surface area (Å²) in [6.45, 7) is 0. The molecule has 0 rings (SSSR count). The summed E-state index contributed by atoms with van der Waals surface area (Å²) in [4.78, 5) is 0. The molecule has 0 bridgehead atoms. The molecule has 0 nitrogen and oxygen atoms in total. The third-order valence-corrected chi connectivity index (χ3v) is 1.31. The first kappa shape index (κ1) is 13.7. The summed E-state index contributed by atoms with van der Waals surface area (Å²) in [7, 11) is -11.2. The highest BCUT2D eigenvalue weighted by molar-refractivity contribution is 8.46. The molecule has 0 saturated heterocycles. The molecule has 0 aliphatic carbocycles. The van der Waals surface area contributed by atoms with E-state index >= 15 is 0 Å². The van der Waals surface area contributed by atoms with Crippen LogP contribution < -0.4 is 0 Å². The number of hydrogen-bond donors (Lipinski definition) is 0. The van der Waals surface area contributed by atoms with Crippen molar-refractivity contribution in [1.29, 1.82) is 0 Å². The Morgan fingerprint density at radius 1 is 0.727 bits per heavy atom. The first-order chi connectivity index (χ1) is 3.75. The Hall–Kier alpha value is 0.140. The predicted molar refractivity (Wildman–Crippen MR) is 29.6 cm³/mol. The van der Waals surface area contributed by atoms with Gasteiger partial charge >= 0.3 is 15.7 Å². The summed E-state index contributed by atoms with van der Waals surface area (Å²) in [6, 6.07) is 0. The van der Waals surface area contributed by atoms with Crippen LogP contribution in [-0.2, 0) is 0 Å².